The number of benzene rings is 1. The molecule has 1 aromatic rings. The Hall–Kier alpha value is -1.51. The second-order valence-corrected chi connectivity index (χ2v) is 5.39. The van der Waals surface area contributed by atoms with Crippen LogP contribution in [0.3, 0.4) is 0 Å². The van der Waals surface area contributed by atoms with E-state index in [1.54, 1.807) is 7.11 Å². The van der Waals surface area contributed by atoms with Crippen molar-refractivity contribution in [2.24, 2.45) is 5.92 Å². The molecule has 1 amide bonds. The van der Waals surface area contributed by atoms with E-state index in [4.69, 9.17) is 4.74 Å². The summed E-state index contributed by atoms with van der Waals surface area (Å²) in [4.78, 5) is 11.5. The molecular weight excluding hydrogens is 226 g/mol. The van der Waals surface area contributed by atoms with Gasteiger partial charge >= 0.3 is 0 Å². The maximum atomic E-state index is 11.5. The van der Waals surface area contributed by atoms with Crippen LogP contribution in [0.2, 0.25) is 0 Å². The number of rotatable bonds is 4. The minimum Gasteiger partial charge on any atom is -0.497 e. The van der Waals surface area contributed by atoms with Crippen LogP contribution < -0.4 is 10.1 Å². The summed E-state index contributed by atoms with van der Waals surface area (Å²) in [6.07, 6.45) is 2.43. The molecule has 98 valence electrons. The van der Waals surface area contributed by atoms with E-state index in [-0.39, 0.29) is 11.4 Å². The van der Waals surface area contributed by atoms with Gasteiger partial charge in [0.1, 0.15) is 5.75 Å². The third-order valence-corrected chi connectivity index (χ3v) is 3.95. The van der Waals surface area contributed by atoms with Crippen LogP contribution in [-0.4, -0.2) is 18.6 Å². The fraction of sp³-hybridized carbons (Fsp3) is 0.533. The minimum atomic E-state index is -0.0938. The van der Waals surface area contributed by atoms with E-state index in [9.17, 15) is 4.79 Å². The van der Waals surface area contributed by atoms with E-state index >= 15 is 0 Å². The molecule has 0 aromatic heterocycles. The molecule has 0 aliphatic carbocycles. The first-order valence-corrected chi connectivity index (χ1v) is 6.50. The molecule has 1 aromatic carbocycles. The summed E-state index contributed by atoms with van der Waals surface area (Å²) in [7, 11) is 1.68. The summed E-state index contributed by atoms with van der Waals surface area (Å²) in [5.74, 6) is 1.47. The molecule has 1 N–H and O–H groups in total. The summed E-state index contributed by atoms with van der Waals surface area (Å²) in [5, 5.41) is 3.17. The normalized spacial score (nSPS) is 23.2. The van der Waals surface area contributed by atoms with E-state index in [0.717, 1.165) is 18.6 Å². The Bertz CT molecular complexity index is 442. The Labute approximate surface area is 109 Å². The van der Waals surface area contributed by atoms with Gasteiger partial charge in [0.15, 0.2) is 0 Å². The average molecular weight is 247 g/mol. The zero-order valence-corrected chi connectivity index (χ0v) is 11.3. The zero-order valence-electron chi connectivity index (χ0n) is 11.3. The first kappa shape index (κ1) is 12.9. The zero-order chi connectivity index (χ0) is 13.2. The summed E-state index contributed by atoms with van der Waals surface area (Å²) in [6, 6.07) is 8.09. The van der Waals surface area contributed by atoms with Crippen LogP contribution in [0.5, 0.6) is 5.75 Å². The van der Waals surface area contributed by atoms with Crippen molar-refractivity contribution in [3.8, 4) is 5.75 Å². The van der Waals surface area contributed by atoms with Crippen molar-refractivity contribution < 1.29 is 9.53 Å². The summed E-state index contributed by atoms with van der Waals surface area (Å²) in [5.41, 5.74) is 1.12. The van der Waals surface area contributed by atoms with Crippen LogP contribution >= 0.6 is 0 Å². The molecule has 3 heteroatoms. The third-order valence-electron chi connectivity index (χ3n) is 3.95. The molecular formula is C15H21NO2. The SMILES string of the molecule is COc1cccc(CC2(C(C)C)CCC(=O)N2)c1. The highest BCUT2D eigenvalue weighted by Crippen LogP contribution is 2.32. The van der Waals surface area contributed by atoms with E-state index in [1.165, 1.54) is 5.56 Å². The smallest absolute Gasteiger partial charge is 0.220 e. The lowest BCUT2D eigenvalue weighted by atomic mass is 9.80. The largest absolute Gasteiger partial charge is 0.497 e. The second kappa shape index (κ2) is 5.01. The molecule has 18 heavy (non-hydrogen) atoms. The van der Waals surface area contributed by atoms with Crippen molar-refractivity contribution in [1.29, 1.82) is 0 Å². The number of hydrogen-bond donors (Lipinski definition) is 1. The summed E-state index contributed by atoms with van der Waals surface area (Å²) >= 11 is 0. The van der Waals surface area contributed by atoms with E-state index in [2.05, 4.69) is 31.3 Å². The number of carbonyl (C=O) groups is 1. The quantitative estimate of drug-likeness (QED) is 0.888. The monoisotopic (exact) mass is 247 g/mol. The minimum absolute atomic E-state index is 0.0938. The molecule has 1 fully saturated rings. The number of carbonyl (C=O) groups excluding carboxylic acids is 1. The van der Waals surface area contributed by atoms with E-state index in [0.29, 0.717) is 12.3 Å². The number of nitrogens with one attached hydrogen (secondary N) is 1. The fourth-order valence-electron chi connectivity index (χ4n) is 2.66. The Kier molecular flexibility index (Phi) is 3.60. The molecule has 0 bridgehead atoms. The second-order valence-electron chi connectivity index (χ2n) is 5.39. The van der Waals surface area contributed by atoms with E-state index in [1.807, 2.05) is 12.1 Å². The van der Waals surface area contributed by atoms with Crippen molar-refractivity contribution >= 4 is 5.91 Å². The van der Waals surface area contributed by atoms with Gasteiger partial charge in [0.05, 0.1) is 7.11 Å². The first-order chi connectivity index (χ1) is 8.55. The van der Waals surface area contributed by atoms with Crippen molar-refractivity contribution in [1.82, 2.24) is 5.32 Å². The first-order valence-electron chi connectivity index (χ1n) is 6.50. The van der Waals surface area contributed by atoms with Crippen molar-refractivity contribution in [3.63, 3.8) is 0 Å². The average Bonchev–Trinajstić information content (AvgIpc) is 2.72. The van der Waals surface area contributed by atoms with Crippen LogP contribution in [0, 0.1) is 5.92 Å². The number of hydrogen-bond acceptors (Lipinski definition) is 2. The molecule has 1 aliphatic heterocycles. The van der Waals surface area contributed by atoms with Crippen molar-refractivity contribution in [3.05, 3.63) is 29.8 Å². The lowest BCUT2D eigenvalue weighted by Crippen LogP contribution is -2.48. The molecule has 1 aliphatic rings. The van der Waals surface area contributed by atoms with Crippen LogP contribution in [0.4, 0.5) is 0 Å². The molecule has 1 atom stereocenters. The van der Waals surface area contributed by atoms with Gasteiger partial charge in [-0.2, -0.15) is 0 Å². The van der Waals surface area contributed by atoms with Crippen molar-refractivity contribution in [2.75, 3.05) is 7.11 Å². The molecule has 3 nitrogen and oxygen atoms in total. The molecule has 1 saturated heterocycles. The number of ether oxygens (including phenoxy) is 1. The number of methoxy groups -OCH3 is 1. The lowest BCUT2D eigenvalue weighted by Gasteiger charge is -2.33. The topological polar surface area (TPSA) is 38.3 Å². The third kappa shape index (κ3) is 2.50. The lowest BCUT2D eigenvalue weighted by molar-refractivity contribution is -0.120. The summed E-state index contributed by atoms with van der Waals surface area (Å²) in [6.45, 7) is 4.34. The van der Waals surface area contributed by atoms with Gasteiger partial charge in [-0.15, -0.1) is 0 Å². The van der Waals surface area contributed by atoms with Gasteiger partial charge in [-0.05, 0) is 36.5 Å². The molecule has 2 rings (SSSR count). The van der Waals surface area contributed by atoms with Crippen LogP contribution in [0.1, 0.15) is 32.3 Å². The van der Waals surface area contributed by atoms with Gasteiger partial charge in [-0.1, -0.05) is 26.0 Å². The van der Waals surface area contributed by atoms with Crippen LogP contribution in [-0.2, 0) is 11.2 Å². The Morgan fingerprint density at radius 1 is 1.44 bits per heavy atom. The standard InChI is InChI=1S/C15H21NO2/c1-11(2)15(8-7-14(17)16-15)10-12-5-4-6-13(9-12)18-3/h4-6,9,11H,7-8,10H2,1-3H3,(H,16,17). The molecule has 0 saturated carbocycles. The maximum Gasteiger partial charge on any atom is 0.220 e. The molecule has 1 unspecified atom stereocenters. The number of amides is 1. The Balaban J connectivity index is 2.21. The predicted molar refractivity (Wildman–Crippen MR) is 71.6 cm³/mol. The van der Waals surface area contributed by atoms with E-state index < -0.39 is 0 Å². The van der Waals surface area contributed by atoms with Gasteiger partial charge in [-0.3, -0.25) is 4.79 Å². The highest BCUT2D eigenvalue weighted by Gasteiger charge is 2.40. The van der Waals surface area contributed by atoms with Gasteiger partial charge in [-0.25, -0.2) is 0 Å². The van der Waals surface area contributed by atoms with Gasteiger partial charge in [0.2, 0.25) is 5.91 Å². The Morgan fingerprint density at radius 2 is 2.22 bits per heavy atom. The highest BCUT2D eigenvalue weighted by atomic mass is 16.5. The van der Waals surface area contributed by atoms with Crippen LogP contribution in [0.15, 0.2) is 24.3 Å². The van der Waals surface area contributed by atoms with Gasteiger partial charge in [0, 0.05) is 12.0 Å². The van der Waals surface area contributed by atoms with Crippen molar-refractivity contribution in [2.45, 2.75) is 38.6 Å². The summed E-state index contributed by atoms with van der Waals surface area (Å²) < 4.78 is 5.25. The molecule has 0 spiro atoms. The molecule has 0 radical (unpaired) electrons. The molecule has 1 heterocycles. The highest BCUT2D eigenvalue weighted by molar-refractivity contribution is 5.79. The predicted octanol–water partition coefficient (Wildman–Crippen LogP) is 2.54. The van der Waals surface area contributed by atoms with Gasteiger partial charge in [0.25, 0.3) is 0 Å². The Morgan fingerprint density at radius 3 is 2.78 bits per heavy atom. The fourth-order valence-corrected chi connectivity index (χ4v) is 2.66. The van der Waals surface area contributed by atoms with Crippen LogP contribution in [0.25, 0.3) is 0 Å². The maximum absolute atomic E-state index is 11.5. The van der Waals surface area contributed by atoms with Gasteiger partial charge < -0.3 is 10.1 Å².